The Morgan fingerprint density at radius 1 is 1.20 bits per heavy atom. The third-order valence-corrected chi connectivity index (χ3v) is 2.26. The van der Waals surface area contributed by atoms with Crippen LogP contribution in [-0.2, 0) is 6.42 Å². The van der Waals surface area contributed by atoms with Crippen molar-refractivity contribution in [3.8, 4) is 11.3 Å². The van der Waals surface area contributed by atoms with E-state index in [-0.39, 0.29) is 0 Å². The van der Waals surface area contributed by atoms with Crippen LogP contribution in [0.5, 0.6) is 0 Å². The molecule has 4 nitrogen and oxygen atoms in total. The van der Waals surface area contributed by atoms with Gasteiger partial charge in [-0.15, -0.1) is 0 Å². The Kier molecular flexibility index (Phi) is 2.78. The SMILES string of the molecule is Cc1ccc(-c2nonc2CCN)cc1. The van der Waals surface area contributed by atoms with E-state index in [4.69, 9.17) is 10.4 Å². The van der Waals surface area contributed by atoms with Crippen molar-refractivity contribution >= 4 is 0 Å². The molecule has 2 N–H and O–H groups in total. The zero-order valence-electron chi connectivity index (χ0n) is 8.60. The maximum absolute atomic E-state index is 5.48. The molecule has 4 heteroatoms. The molecule has 0 aliphatic carbocycles. The lowest BCUT2D eigenvalue weighted by Crippen LogP contribution is -2.03. The van der Waals surface area contributed by atoms with Gasteiger partial charge in [-0.3, -0.25) is 0 Å². The highest BCUT2D eigenvalue weighted by Gasteiger charge is 2.10. The van der Waals surface area contributed by atoms with E-state index in [0.717, 1.165) is 17.0 Å². The third-order valence-electron chi connectivity index (χ3n) is 2.26. The Bertz CT molecular complexity index is 433. The maximum Gasteiger partial charge on any atom is 0.138 e. The number of aromatic nitrogens is 2. The Morgan fingerprint density at radius 3 is 2.60 bits per heavy atom. The Balaban J connectivity index is 2.36. The molecule has 2 aromatic rings. The molecule has 15 heavy (non-hydrogen) atoms. The lowest BCUT2D eigenvalue weighted by molar-refractivity contribution is 0.304. The van der Waals surface area contributed by atoms with Crippen LogP contribution < -0.4 is 5.73 Å². The van der Waals surface area contributed by atoms with Crippen LogP contribution in [0.4, 0.5) is 0 Å². The highest BCUT2D eigenvalue weighted by atomic mass is 16.6. The van der Waals surface area contributed by atoms with Gasteiger partial charge in [-0.2, -0.15) is 0 Å². The van der Waals surface area contributed by atoms with Gasteiger partial charge in [-0.1, -0.05) is 35.0 Å². The van der Waals surface area contributed by atoms with E-state index in [1.165, 1.54) is 5.56 Å². The number of hydrogen-bond acceptors (Lipinski definition) is 4. The van der Waals surface area contributed by atoms with Gasteiger partial charge >= 0.3 is 0 Å². The Labute approximate surface area is 88.1 Å². The molecule has 0 aliphatic rings. The van der Waals surface area contributed by atoms with Gasteiger partial charge in [0.05, 0.1) is 0 Å². The van der Waals surface area contributed by atoms with E-state index in [1.807, 2.05) is 31.2 Å². The van der Waals surface area contributed by atoms with Crippen molar-refractivity contribution in [1.29, 1.82) is 0 Å². The number of aryl methyl sites for hydroxylation is 1. The molecule has 78 valence electrons. The number of rotatable bonds is 3. The summed E-state index contributed by atoms with van der Waals surface area (Å²) in [5.41, 5.74) is 9.33. The summed E-state index contributed by atoms with van der Waals surface area (Å²) in [5, 5.41) is 7.73. The second-order valence-electron chi connectivity index (χ2n) is 3.46. The summed E-state index contributed by atoms with van der Waals surface area (Å²) < 4.78 is 4.73. The van der Waals surface area contributed by atoms with Gasteiger partial charge in [0.2, 0.25) is 0 Å². The highest BCUT2D eigenvalue weighted by molar-refractivity contribution is 5.61. The first kappa shape index (κ1) is 9.86. The van der Waals surface area contributed by atoms with Gasteiger partial charge < -0.3 is 5.73 Å². The van der Waals surface area contributed by atoms with Crippen LogP contribution in [-0.4, -0.2) is 16.9 Å². The fraction of sp³-hybridized carbons (Fsp3) is 0.273. The smallest absolute Gasteiger partial charge is 0.138 e. The number of benzene rings is 1. The van der Waals surface area contributed by atoms with E-state index in [1.54, 1.807) is 0 Å². The van der Waals surface area contributed by atoms with Crippen molar-refractivity contribution in [2.45, 2.75) is 13.3 Å². The number of hydrogen-bond donors (Lipinski definition) is 1. The van der Waals surface area contributed by atoms with E-state index in [9.17, 15) is 0 Å². The molecule has 0 unspecified atom stereocenters. The van der Waals surface area contributed by atoms with Crippen LogP contribution >= 0.6 is 0 Å². The second-order valence-corrected chi connectivity index (χ2v) is 3.46. The summed E-state index contributed by atoms with van der Waals surface area (Å²) in [6.45, 7) is 2.60. The van der Waals surface area contributed by atoms with Crippen LogP contribution in [0.15, 0.2) is 28.9 Å². The summed E-state index contributed by atoms with van der Waals surface area (Å²) >= 11 is 0. The van der Waals surface area contributed by atoms with Crippen molar-refractivity contribution in [2.75, 3.05) is 6.54 Å². The van der Waals surface area contributed by atoms with Gasteiger partial charge in [0.1, 0.15) is 11.4 Å². The first-order chi connectivity index (χ1) is 7.31. The summed E-state index contributed by atoms with van der Waals surface area (Å²) in [7, 11) is 0. The second kappa shape index (κ2) is 4.23. The molecule has 0 bridgehead atoms. The normalized spacial score (nSPS) is 10.5. The molecule has 1 aromatic heterocycles. The molecule has 0 aliphatic heterocycles. The molecule has 1 aromatic carbocycles. The summed E-state index contributed by atoms with van der Waals surface area (Å²) in [5.74, 6) is 0. The van der Waals surface area contributed by atoms with Gasteiger partial charge in [0, 0.05) is 12.0 Å². The van der Waals surface area contributed by atoms with Gasteiger partial charge in [-0.25, -0.2) is 4.63 Å². The molecule has 0 atom stereocenters. The highest BCUT2D eigenvalue weighted by Crippen LogP contribution is 2.20. The van der Waals surface area contributed by atoms with Crippen molar-refractivity contribution in [2.24, 2.45) is 5.73 Å². The largest absolute Gasteiger partial charge is 0.330 e. The number of nitrogens with zero attached hydrogens (tertiary/aromatic N) is 2. The zero-order chi connectivity index (χ0) is 10.7. The van der Waals surface area contributed by atoms with Crippen molar-refractivity contribution in [3.63, 3.8) is 0 Å². The minimum absolute atomic E-state index is 0.549. The molecular weight excluding hydrogens is 190 g/mol. The van der Waals surface area contributed by atoms with Crippen LogP contribution in [0.1, 0.15) is 11.3 Å². The minimum atomic E-state index is 0.549. The van der Waals surface area contributed by atoms with Crippen molar-refractivity contribution in [1.82, 2.24) is 10.3 Å². The van der Waals surface area contributed by atoms with E-state index < -0.39 is 0 Å². The lowest BCUT2D eigenvalue weighted by Gasteiger charge is -1.98. The van der Waals surface area contributed by atoms with Crippen molar-refractivity contribution < 1.29 is 4.63 Å². The van der Waals surface area contributed by atoms with E-state index in [2.05, 4.69) is 10.3 Å². The van der Waals surface area contributed by atoms with Gasteiger partial charge in [0.25, 0.3) is 0 Å². The quantitative estimate of drug-likeness (QED) is 0.821. The first-order valence-corrected chi connectivity index (χ1v) is 4.90. The van der Waals surface area contributed by atoms with Crippen LogP contribution in [0.2, 0.25) is 0 Å². The molecule has 0 saturated carbocycles. The Morgan fingerprint density at radius 2 is 1.93 bits per heavy atom. The average molecular weight is 203 g/mol. The standard InChI is InChI=1S/C11H13N3O/c1-8-2-4-9(5-3-8)11-10(6-7-12)13-15-14-11/h2-5H,6-7,12H2,1H3. The molecule has 2 rings (SSSR count). The van der Waals surface area contributed by atoms with Crippen LogP contribution in [0.3, 0.4) is 0 Å². The average Bonchev–Trinajstić information content (AvgIpc) is 2.68. The van der Waals surface area contributed by atoms with Gasteiger partial charge in [-0.05, 0) is 18.6 Å². The van der Waals surface area contributed by atoms with Gasteiger partial charge in [0.15, 0.2) is 0 Å². The zero-order valence-corrected chi connectivity index (χ0v) is 8.60. The third kappa shape index (κ3) is 2.05. The molecule has 0 fully saturated rings. The van der Waals surface area contributed by atoms with Crippen molar-refractivity contribution in [3.05, 3.63) is 35.5 Å². The molecule has 0 saturated heterocycles. The first-order valence-electron chi connectivity index (χ1n) is 4.90. The Hall–Kier alpha value is -1.68. The monoisotopic (exact) mass is 203 g/mol. The van der Waals surface area contributed by atoms with E-state index >= 15 is 0 Å². The topological polar surface area (TPSA) is 64.9 Å². The summed E-state index contributed by atoms with van der Waals surface area (Å²) in [6.07, 6.45) is 0.687. The fourth-order valence-corrected chi connectivity index (χ4v) is 1.44. The number of nitrogens with two attached hydrogens (primary N) is 1. The predicted octanol–water partition coefficient (Wildman–Crippen LogP) is 1.55. The molecule has 0 radical (unpaired) electrons. The van der Waals surface area contributed by atoms with Crippen LogP contribution in [0.25, 0.3) is 11.3 Å². The molecule has 1 heterocycles. The van der Waals surface area contributed by atoms with E-state index in [0.29, 0.717) is 13.0 Å². The molecular formula is C11H13N3O. The predicted molar refractivity (Wildman–Crippen MR) is 57.2 cm³/mol. The van der Waals surface area contributed by atoms with Crippen LogP contribution in [0, 0.1) is 6.92 Å². The summed E-state index contributed by atoms with van der Waals surface area (Å²) in [6, 6.07) is 8.09. The maximum atomic E-state index is 5.48. The molecule has 0 amide bonds. The summed E-state index contributed by atoms with van der Waals surface area (Å²) in [4.78, 5) is 0. The molecule has 0 spiro atoms. The minimum Gasteiger partial charge on any atom is -0.330 e. The lowest BCUT2D eigenvalue weighted by atomic mass is 10.1. The fourth-order valence-electron chi connectivity index (χ4n) is 1.44.